The summed E-state index contributed by atoms with van der Waals surface area (Å²) in [6.07, 6.45) is 1.51. The Balaban J connectivity index is 1.79. The van der Waals surface area contributed by atoms with Crippen molar-refractivity contribution in [3.8, 4) is 0 Å². The molecule has 0 aromatic rings. The fraction of sp³-hybridized carbons (Fsp3) is 0.741. The summed E-state index contributed by atoms with van der Waals surface area (Å²) in [4.78, 5) is 65.5. The fourth-order valence-corrected chi connectivity index (χ4v) is 5.05. The smallest absolute Gasteiger partial charge is 0.322 e. The Labute approximate surface area is 269 Å². The molecule has 2 saturated heterocycles. The van der Waals surface area contributed by atoms with Gasteiger partial charge in [0.05, 0.1) is 18.1 Å². The van der Waals surface area contributed by atoms with Gasteiger partial charge in [-0.1, -0.05) is 59.9 Å². The van der Waals surface area contributed by atoms with Crippen LogP contribution < -0.4 is 5.32 Å². The summed E-state index contributed by atoms with van der Waals surface area (Å²) >= 11 is 9.68. The van der Waals surface area contributed by atoms with Gasteiger partial charge in [-0.15, -0.1) is 0 Å². The first-order valence-electron chi connectivity index (χ1n) is 13.4. The molecule has 2 fully saturated rings. The van der Waals surface area contributed by atoms with Crippen molar-refractivity contribution in [3.63, 3.8) is 0 Å². The largest absolute Gasteiger partial charge is 0.462 e. The van der Waals surface area contributed by atoms with Crippen molar-refractivity contribution in [1.29, 1.82) is 0 Å². The number of amides is 2. The highest BCUT2D eigenvalue weighted by molar-refractivity contribution is 9.10. The van der Waals surface area contributed by atoms with E-state index in [1.54, 1.807) is 41.5 Å². The molecule has 3 aliphatic rings. The van der Waals surface area contributed by atoms with E-state index in [-0.39, 0.29) is 25.0 Å². The van der Waals surface area contributed by atoms with Crippen LogP contribution in [0.5, 0.6) is 0 Å². The predicted molar refractivity (Wildman–Crippen MR) is 160 cm³/mol. The predicted octanol–water partition coefficient (Wildman–Crippen LogP) is 2.11. The molecule has 0 aromatic heterocycles. The van der Waals surface area contributed by atoms with E-state index in [1.165, 1.54) is 4.90 Å². The van der Waals surface area contributed by atoms with E-state index in [2.05, 4.69) is 53.1 Å². The molecular weight excluding hydrogens is 752 g/mol. The van der Waals surface area contributed by atoms with Gasteiger partial charge < -0.3 is 34.3 Å². The lowest BCUT2D eigenvalue weighted by Gasteiger charge is -2.35. The van der Waals surface area contributed by atoms with Crippen molar-refractivity contribution in [3.05, 3.63) is 12.2 Å². The molecular formula is C27H37Br3N2O10. The third kappa shape index (κ3) is 8.13. The molecule has 0 aromatic carbocycles. The lowest BCUT2D eigenvalue weighted by Crippen LogP contribution is -2.60. The van der Waals surface area contributed by atoms with E-state index < -0.39 is 86.3 Å². The molecule has 2 amide bonds. The number of esters is 3. The van der Waals surface area contributed by atoms with Crippen LogP contribution in [0.15, 0.2) is 12.2 Å². The first-order chi connectivity index (χ1) is 19.2. The number of ether oxygens (including phenoxy) is 4. The lowest BCUT2D eigenvalue weighted by molar-refractivity contribution is -0.161. The standard InChI is InChI=1S/C27H37Br3N2O10/c1-24(2,28)21(36)39-11-27(12-40-22(37)25(3,4)29,13-41-23(38)26(5,6)30)31-16(33)9-10-32-19(34)17-14-7-8-15(42-14)18(17)20(32)35/h7-8,14-15,17-19,34H,9-13H2,1-6H3,(H,31,33). The molecule has 236 valence electrons. The van der Waals surface area contributed by atoms with Crippen LogP contribution in [0.2, 0.25) is 0 Å². The molecule has 0 aliphatic carbocycles. The molecule has 3 aliphatic heterocycles. The van der Waals surface area contributed by atoms with Crippen LogP contribution >= 0.6 is 47.8 Å². The van der Waals surface area contributed by atoms with Crippen LogP contribution in [0.3, 0.4) is 0 Å². The van der Waals surface area contributed by atoms with Gasteiger partial charge in [0.2, 0.25) is 11.8 Å². The molecule has 0 spiro atoms. The minimum absolute atomic E-state index is 0.106. The van der Waals surface area contributed by atoms with Crippen LogP contribution in [-0.4, -0.2) is 103 Å². The highest BCUT2D eigenvalue weighted by Crippen LogP contribution is 2.46. The van der Waals surface area contributed by atoms with Gasteiger partial charge in [0.1, 0.15) is 44.6 Å². The Bertz CT molecular complexity index is 1050. The molecule has 5 unspecified atom stereocenters. The van der Waals surface area contributed by atoms with E-state index in [0.29, 0.717) is 0 Å². The number of aliphatic hydroxyl groups is 1. The second kappa shape index (κ2) is 12.8. The number of halogens is 3. The normalized spacial score (nSPS) is 25.3. The summed E-state index contributed by atoms with van der Waals surface area (Å²) in [5.41, 5.74) is -1.69. The minimum atomic E-state index is -1.69. The summed E-state index contributed by atoms with van der Waals surface area (Å²) in [5.74, 6) is -3.89. The van der Waals surface area contributed by atoms with E-state index in [0.717, 1.165) is 0 Å². The highest BCUT2D eigenvalue weighted by Gasteiger charge is 2.60. The summed E-state index contributed by atoms with van der Waals surface area (Å²) in [5, 5.41) is 13.5. The topological polar surface area (TPSA) is 158 Å². The maximum Gasteiger partial charge on any atom is 0.322 e. The second-order valence-electron chi connectivity index (χ2n) is 12.2. The molecule has 3 rings (SSSR count). The number of rotatable bonds is 13. The molecule has 3 heterocycles. The highest BCUT2D eigenvalue weighted by atomic mass is 79.9. The number of alkyl halides is 3. The van der Waals surface area contributed by atoms with Crippen molar-refractivity contribution in [1.82, 2.24) is 10.2 Å². The van der Waals surface area contributed by atoms with E-state index in [9.17, 15) is 29.1 Å². The molecule has 5 atom stereocenters. The van der Waals surface area contributed by atoms with Gasteiger partial charge in [-0.3, -0.25) is 24.0 Å². The number of carbonyl (C=O) groups is 5. The average Bonchev–Trinajstić information content (AvgIpc) is 3.55. The molecule has 42 heavy (non-hydrogen) atoms. The maximum atomic E-state index is 13.3. The number of hydrogen-bond acceptors (Lipinski definition) is 10. The molecule has 12 nitrogen and oxygen atoms in total. The molecule has 0 radical (unpaired) electrons. The Morgan fingerprint density at radius 2 is 1.29 bits per heavy atom. The number of aliphatic hydroxyl groups excluding tert-OH is 1. The summed E-state index contributed by atoms with van der Waals surface area (Å²) in [6, 6.07) is 0. The summed E-state index contributed by atoms with van der Waals surface area (Å²) in [6.45, 7) is 7.75. The van der Waals surface area contributed by atoms with Crippen LogP contribution in [0.1, 0.15) is 48.0 Å². The number of nitrogens with one attached hydrogen (secondary N) is 1. The fourth-order valence-electron chi connectivity index (χ4n) is 4.71. The average molecular weight is 789 g/mol. The number of nitrogens with zero attached hydrogens (tertiary/aromatic N) is 1. The van der Waals surface area contributed by atoms with Gasteiger partial charge >= 0.3 is 17.9 Å². The van der Waals surface area contributed by atoms with Crippen LogP contribution in [-0.2, 0) is 42.9 Å². The summed E-state index contributed by atoms with van der Waals surface area (Å²) < 4.78 is 18.9. The third-order valence-electron chi connectivity index (χ3n) is 7.06. The van der Waals surface area contributed by atoms with E-state index in [1.807, 2.05) is 12.2 Å². The number of hydrogen-bond donors (Lipinski definition) is 2. The van der Waals surface area contributed by atoms with Crippen molar-refractivity contribution >= 4 is 77.5 Å². The van der Waals surface area contributed by atoms with Gasteiger partial charge in [0.25, 0.3) is 0 Å². The van der Waals surface area contributed by atoms with Crippen LogP contribution in [0.25, 0.3) is 0 Å². The Morgan fingerprint density at radius 3 is 1.69 bits per heavy atom. The molecule has 0 saturated carbocycles. The number of fused-ring (bicyclic) bond motifs is 5. The monoisotopic (exact) mass is 786 g/mol. The van der Waals surface area contributed by atoms with E-state index in [4.69, 9.17) is 18.9 Å². The second-order valence-corrected chi connectivity index (χ2v) is 18.2. The first-order valence-corrected chi connectivity index (χ1v) is 15.8. The van der Waals surface area contributed by atoms with Crippen LogP contribution in [0.4, 0.5) is 0 Å². The van der Waals surface area contributed by atoms with Gasteiger partial charge in [0, 0.05) is 18.9 Å². The Hall–Kier alpha value is -1.55. The van der Waals surface area contributed by atoms with Gasteiger partial charge in [-0.25, -0.2) is 0 Å². The first kappa shape index (κ1) is 34.9. The van der Waals surface area contributed by atoms with Crippen molar-refractivity contribution < 1.29 is 48.0 Å². The Morgan fingerprint density at radius 1 is 0.857 bits per heavy atom. The zero-order chi connectivity index (χ0) is 31.8. The van der Waals surface area contributed by atoms with E-state index >= 15 is 0 Å². The van der Waals surface area contributed by atoms with Crippen molar-refractivity contribution in [2.24, 2.45) is 11.8 Å². The minimum Gasteiger partial charge on any atom is -0.462 e. The Kier molecular flexibility index (Phi) is 10.7. The zero-order valence-corrected chi connectivity index (χ0v) is 29.0. The van der Waals surface area contributed by atoms with Gasteiger partial charge in [-0.2, -0.15) is 0 Å². The molecule has 2 bridgehead atoms. The van der Waals surface area contributed by atoms with Gasteiger partial charge in [0.15, 0.2) is 0 Å². The maximum absolute atomic E-state index is 13.3. The number of likely N-dealkylation sites (tertiary alicyclic amines) is 1. The number of carbonyl (C=O) groups excluding carboxylic acids is 5. The summed E-state index contributed by atoms with van der Waals surface area (Å²) in [7, 11) is 0. The molecule has 2 N–H and O–H groups in total. The van der Waals surface area contributed by atoms with Crippen LogP contribution in [0, 0.1) is 11.8 Å². The molecule has 15 heteroatoms. The van der Waals surface area contributed by atoms with Gasteiger partial charge in [-0.05, 0) is 41.5 Å². The third-order valence-corrected chi connectivity index (χ3v) is 8.03. The van der Waals surface area contributed by atoms with Crippen molar-refractivity contribution in [2.75, 3.05) is 26.4 Å². The lowest BCUT2D eigenvalue weighted by atomic mass is 9.85. The van der Waals surface area contributed by atoms with Crippen molar-refractivity contribution in [2.45, 2.75) is 84.9 Å². The SMILES string of the molecule is CC(C)(Br)C(=O)OCC(COC(=O)C(C)(C)Br)(COC(=O)C(C)(C)Br)NC(=O)CCN1C(=O)C2C3C=CC(O3)C2C1O. The quantitative estimate of drug-likeness (QED) is 0.123. The zero-order valence-electron chi connectivity index (χ0n) is 24.3.